The van der Waals surface area contributed by atoms with Gasteiger partial charge in [-0.2, -0.15) is 0 Å². The second kappa shape index (κ2) is 16.5. The van der Waals surface area contributed by atoms with Crippen molar-refractivity contribution in [3.63, 3.8) is 0 Å². The minimum atomic E-state index is -1.11. The van der Waals surface area contributed by atoms with Crippen LogP contribution in [0.3, 0.4) is 0 Å². The number of aliphatic carboxylic acids is 1. The Balaban J connectivity index is 2.87. The van der Waals surface area contributed by atoms with Crippen molar-refractivity contribution in [2.24, 2.45) is 0 Å². The predicted octanol–water partition coefficient (Wildman–Crippen LogP) is 4.41. The molecule has 0 heterocycles. The maximum atomic E-state index is 12.1. The van der Waals surface area contributed by atoms with Gasteiger partial charge in [0.2, 0.25) is 0 Å². The Kier molecular flexibility index (Phi) is 14.2. The summed E-state index contributed by atoms with van der Waals surface area (Å²) in [6.45, 7) is 9.14. The van der Waals surface area contributed by atoms with Crippen LogP contribution >= 0.6 is 0 Å². The highest BCUT2D eigenvalue weighted by molar-refractivity contribution is 5.77. The second-order valence-electron chi connectivity index (χ2n) is 8.63. The van der Waals surface area contributed by atoms with Gasteiger partial charge in [0, 0.05) is 19.4 Å². The first-order valence-corrected chi connectivity index (χ1v) is 12.5. The summed E-state index contributed by atoms with van der Waals surface area (Å²) in [5, 5.41) is 12.5. The van der Waals surface area contributed by atoms with Gasteiger partial charge in [-0.05, 0) is 57.2 Å². The fraction of sp³-hybridized carbons (Fsp3) is 0.615. The zero-order chi connectivity index (χ0) is 27.1. The van der Waals surface area contributed by atoms with Gasteiger partial charge < -0.3 is 29.4 Å². The Bertz CT molecular complexity index is 871. The molecule has 1 rings (SSSR count). The van der Waals surface area contributed by atoms with Crippen molar-refractivity contribution in [2.45, 2.75) is 97.8 Å². The Morgan fingerprint density at radius 3 is 2.00 bits per heavy atom. The van der Waals surface area contributed by atoms with Crippen LogP contribution in [0.4, 0.5) is 4.79 Å². The third kappa shape index (κ3) is 12.0. The van der Waals surface area contributed by atoms with Crippen LogP contribution in [0.1, 0.15) is 78.7 Å². The molecule has 0 bridgehead atoms. The quantitative estimate of drug-likeness (QED) is 0.243. The molecule has 10 nitrogen and oxygen atoms in total. The lowest BCUT2D eigenvalue weighted by atomic mass is 10.0. The number of hydrogen-bond donors (Lipinski definition) is 2. The van der Waals surface area contributed by atoms with E-state index in [0.29, 0.717) is 18.4 Å². The molecule has 1 aromatic rings. The molecule has 0 aliphatic carbocycles. The molecule has 0 aliphatic heterocycles. The average Bonchev–Trinajstić information content (AvgIpc) is 2.78. The monoisotopic (exact) mass is 509 g/mol. The second-order valence-corrected chi connectivity index (χ2v) is 8.63. The maximum absolute atomic E-state index is 12.1. The largest absolute Gasteiger partial charge is 0.508 e. The molecule has 0 amide bonds. The van der Waals surface area contributed by atoms with Gasteiger partial charge >= 0.3 is 24.1 Å². The van der Waals surface area contributed by atoms with Crippen molar-refractivity contribution >= 4 is 24.1 Å². The highest BCUT2D eigenvalue weighted by atomic mass is 16.7. The summed E-state index contributed by atoms with van der Waals surface area (Å²) in [5.41, 5.74) is 0.547. The van der Waals surface area contributed by atoms with Gasteiger partial charge in [0.15, 0.2) is 11.5 Å². The van der Waals surface area contributed by atoms with Gasteiger partial charge in [-0.1, -0.05) is 33.3 Å². The topological polar surface area (TPSA) is 137 Å². The van der Waals surface area contributed by atoms with E-state index in [9.17, 15) is 24.3 Å². The van der Waals surface area contributed by atoms with Crippen molar-refractivity contribution in [3.05, 3.63) is 23.8 Å². The number of carbonyl (C=O) groups is 4. The molecule has 0 aromatic heterocycles. The van der Waals surface area contributed by atoms with Crippen LogP contribution in [0, 0.1) is 0 Å². The van der Waals surface area contributed by atoms with Crippen LogP contribution in [-0.4, -0.2) is 54.0 Å². The molecule has 2 unspecified atom stereocenters. The summed E-state index contributed by atoms with van der Waals surface area (Å²) in [6, 6.07) is 3.57. The standard InChI is InChI=1S/C26H39NO9/c1-6-9-17(4)33-26(32)34-18(5)16-27-20(25(30)31)14-19-12-13-21(35-23(28)10-7-2)22(15-19)36-24(29)11-8-3/h12-13,15,17-18,20,27H,6-11,14,16H2,1-5H3,(H,30,31)/t17?,18?,20-/m0/s1. The summed E-state index contributed by atoms with van der Waals surface area (Å²) in [7, 11) is 0. The number of rotatable bonds is 16. The molecule has 1 aromatic carbocycles. The summed E-state index contributed by atoms with van der Waals surface area (Å²) < 4.78 is 21.0. The van der Waals surface area contributed by atoms with E-state index in [-0.39, 0.29) is 43.4 Å². The van der Waals surface area contributed by atoms with Crippen molar-refractivity contribution in [3.8, 4) is 11.5 Å². The van der Waals surface area contributed by atoms with Crippen molar-refractivity contribution < 1.29 is 43.2 Å². The van der Waals surface area contributed by atoms with E-state index < -0.39 is 36.2 Å². The fourth-order valence-electron chi connectivity index (χ4n) is 3.25. The molecule has 0 saturated carbocycles. The lowest BCUT2D eigenvalue weighted by molar-refractivity contribution is -0.139. The molecular weight excluding hydrogens is 470 g/mol. The number of nitrogens with one attached hydrogen (secondary N) is 1. The van der Waals surface area contributed by atoms with Crippen LogP contribution in [-0.2, 0) is 30.3 Å². The first-order valence-electron chi connectivity index (χ1n) is 12.5. The molecule has 202 valence electrons. The van der Waals surface area contributed by atoms with E-state index in [1.54, 1.807) is 19.9 Å². The van der Waals surface area contributed by atoms with E-state index >= 15 is 0 Å². The molecule has 0 aliphatic rings. The summed E-state index contributed by atoms with van der Waals surface area (Å²) in [5.74, 6) is -1.90. The van der Waals surface area contributed by atoms with Crippen molar-refractivity contribution in [2.75, 3.05) is 6.54 Å². The summed E-state index contributed by atoms with van der Waals surface area (Å²) >= 11 is 0. The maximum Gasteiger partial charge on any atom is 0.508 e. The molecular formula is C26H39NO9. The van der Waals surface area contributed by atoms with Gasteiger partial charge in [-0.25, -0.2) is 4.79 Å². The number of esters is 2. The predicted molar refractivity (Wildman–Crippen MR) is 132 cm³/mol. The lowest BCUT2D eigenvalue weighted by Crippen LogP contribution is -2.42. The van der Waals surface area contributed by atoms with E-state index in [1.165, 1.54) is 12.1 Å². The first-order chi connectivity index (χ1) is 17.1. The smallest absolute Gasteiger partial charge is 0.480 e. The molecule has 36 heavy (non-hydrogen) atoms. The Hall–Kier alpha value is -3.14. The van der Waals surface area contributed by atoms with Gasteiger partial charge in [-0.3, -0.25) is 14.4 Å². The Morgan fingerprint density at radius 2 is 1.44 bits per heavy atom. The zero-order valence-electron chi connectivity index (χ0n) is 21.8. The number of carbonyl (C=O) groups excluding carboxylic acids is 3. The molecule has 0 fully saturated rings. The summed E-state index contributed by atoms with van der Waals surface area (Å²) in [4.78, 5) is 47.7. The minimum Gasteiger partial charge on any atom is -0.480 e. The molecule has 2 N–H and O–H groups in total. The molecule has 3 atom stereocenters. The van der Waals surface area contributed by atoms with Crippen LogP contribution in [0.25, 0.3) is 0 Å². The number of benzene rings is 1. The van der Waals surface area contributed by atoms with Crippen LogP contribution in [0.15, 0.2) is 18.2 Å². The fourth-order valence-corrected chi connectivity index (χ4v) is 3.25. The minimum absolute atomic E-state index is 0.0432. The number of carboxylic acid groups (broad SMARTS) is 1. The van der Waals surface area contributed by atoms with Crippen LogP contribution < -0.4 is 14.8 Å². The first kappa shape index (κ1) is 30.9. The van der Waals surface area contributed by atoms with E-state index in [1.807, 2.05) is 20.8 Å². The summed E-state index contributed by atoms with van der Waals surface area (Å²) in [6.07, 6.45) is 1.52. The third-order valence-corrected chi connectivity index (χ3v) is 5.04. The lowest BCUT2D eigenvalue weighted by Gasteiger charge is -2.20. The van der Waals surface area contributed by atoms with E-state index in [0.717, 1.165) is 12.8 Å². The van der Waals surface area contributed by atoms with Crippen LogP contribution in [0.2, 0.25) is 0 Å². The SMILES string of the molecule is CCCC(=O)Oc1ccc(C[C@H](NCC(C)OC(=O)OC(C)CCC)C(=O)O)cc1OC(=O)CCC. The number of ether oxygens (including phenoxy) is 4. The molecule has 0 saturated heterocycles. The Morgan fingerprint density at radius 1 is 0.861 bits per heavy atom. The normalized spacial score (nSPS) is 13.2. The van der Waals surface area contributed by atoms with Crippen molar-refractivity contribution in [1.29, 1.82) is 0 Å². The Labute approximate surface area is 212 Å². The molecule has 0 spiro atoms. The highest BCUT2D eigenvalue weighted by Crippen LogP contribution is 2.30. The van der Waals surface area contributed by atoms with Gasteiger partial charge in [0.25, 0.3) is 0 Å². The van der Waals surface area contributed by atoms with Gasteiger partial charge in [0.1, 0.15) is 18.2 Å². The highest BCUT2D eigenvalue weighted by Gasteiger charge is 2.22. The molecule has 10 heteroatoms. The number of hydrogen-bond acceptors (Lipinski definition) is 9. The average molecular weight is 510 g/mol. The van der Waals surface area contributed by atoms with Crippen molar-refractivity contribution in [1.82, 2.24) is 5.32 Å². The van der Waals surface area contributed by atoms with Gasteiger partial charge in [-0.15, -0.1) is 0 Å². The van der Waals surface area contributed by atoms with Crippen LogP contribution in [0.5, 0.6) is 11.5 Å². The van der Waals surface area contributed by atoms with Gasteiger partial charge in [0.05, 0.1) is 0 Å². The van der Waals surface area contributed by atoms with E-state index in [2.05, 4.69) is 5.32 Å². The number of carboxylic acids is 1. The van der Waals surface area contributed by atoms with E-state index in [4.69, 9.17) is 18.9 Å². The third-order valence-electron chi connectivity index (χ3n) is 5.04. The molecule has 0 radical (unpaired) electrons. The zero-order valence-corrected chi connectivity index (χ0v) is 21.8.